The summed E-state index contributed by atoms with van der Waals surface area (Å²) in [5, 5.41) is 7.02. The number of fused-ring (bicyclic) bond motifs is 1. The Hall–Kier alpha value is -3.86. The highest BCUT2D eigenvalue weighted by Gasteiger charge is 2.23. The number of nitrogens with zero attached hydrogens (tertiary/aromatic N) is 1. The first-order chi connectivity index (χ1) is 15.2. The number of hydrogen-bond acceptors (Lipinski definition) is 2. The lowest BCUT2D eigenvalue weighted by molar-refractivity contribution is -0.116. The zero-order chi connectivity index (χ0) is 21.2. The third-order valence-electron chi connectivity index (χ3n) is 5.53. The molecule has 1 heterocycles. The molecule has 1 aliphatic carbocycles. The van der Waals surface area contributed by atoms with Crippen LogP contribution >= 0.6 is 0 Å². The number of amides is 2. The molecule has 1 aliphatic rings. The molecular weight excluding hydrogens is 386 g/mol. The van der Waals surface area contributed by atoms with Crippen LogP contribution in [0.2, 0.25) is 0 Å². The molecule has 0 unspecified atom stereocenters. The van der Waals surface area contributed by atoms with E-state index >= 15 is 0 Å². The second kappa shape index (κ2) is 8.11. The lowest BCUT2D eigenvalue weighted by atomic mass is 10.1. The van der Waals surface area contributed by atoms with Crippen molar-refractivity contribution in [1.29, 1.82) is 0 Å². The number of aromatic nitrogens is 1. The van der Waals surface area contributed by atoms with E-state index in [2.05, 4.69) is 22.8 Å². The number of rotatable bonds is 6. The maximum atomic E-state index is 12.9. The van der Waals surface area contributed by atoms with Gasteiger partial charge in [-0.25, -0.2) is 0 Å². The maximum Gasteiger partial charge on any atom is 0.251 e. The van der Waals surface area contributed by atoms with E-state index in [1.54, 1.807) is 24.3 Å². The Morgan fingerprint density at radius 3 is 2.32 bits per heavy atom. The summed E-state index contributed by atoms with van der Waals surface area (Å²) in [6, 6.07) is 27.6. The molecule has 0 atom stereocenters. The van der Waals surface area contributed by atoms with Crippen LogP contribution in [0.4, 0.5) is 5.69 Å². The molecule has 0 radical (unpaired) electrons. The molecule has 0 bridgehead atoms. The fourth-order valence-electron chi connectivity index (χ4n) is 3.77. The van der Waals surface area contributed by atoms with E-state index in [9.17, 15) is 9.59 Å². The number of nitrogens with one attached hydrogen (secondary N) is 2. The van der Waals surface area contributed by atoms with Gasteiger partial charge in [-0.1, -0.05) is 48.5 Å². The van der Waals surface area contributed by atoms with Crippen molar-refractivity contribution in [2.24, 2.45) is 0 Å². The van der Waals surface area contributed by atoms with Crippen molar-refractivity contribution in [2.45, 2.75) is 25.4 Å². The first-order valence-corrected chi connectivity index (χ1v) is 10.5. The van der Waals surface area contributed by atoms with Gasteiger partial charge in [0.2, 0.25) is 5.91 Å². The Morgan fingerprint density at radius 1 is 0.871 bits per heavy atom. The Bertz CT molecular complexity index is 1240. The number of anilines is 1. The molecule has 2 N–H and O–H groups in total. The van der Waals surface area contributed by atoms with Gasteiger partial charge >= 0.3 is 0 Å². The first-order valence-electron chi connectivity index (χ1n) is 10.5. The van der Waals surface area contributed by atoms with Gasteiger partial charge in [0.05, 0.1) is 0 Å². The van der Waals surface area contributed by atoms with Crippen LogP contribution in [-0.2, 0) is 11.3 Å². The molecule has 4 aromatic rings. The highest BCUT2D eigenvalue weighted by atomic mass is 16.2. The summed E-state index contributed by atoms with van der Waals surface area (Å²) in [6.07, 6.45) is 2.11. The molecule has 1 fully saturated rings. The largest absolute Gasteiger partial charge is 0.349 e. The van der Waals surface area contributed by atoms with Crippen LogP contribution in [0.25, 0.3) is 22.2 Å². The third kappa shape index (κ3) is 4.21. The molecule has 0 saturated heterocycles. The second-order valence-corrected chi connectivity index (χ2v) is 7.91. The maximum absolute atomic E-state index is 12.9. The van der Waals surface area contributed by atoms with E-state index in [0.29, 0.717) is 17.3 Å². The van der Waals surface area contributed by atoms with Gasteiger partial charge in [-0.15, -0.1) is 0 Å². The van der Waals surface area contributed by atoms with Crippen molar-refractivity contribution in [3.63, 3.8) is 0 Å². The predicted octanol–water partition coefficient (Wildman–Crippen LogP) is 4.84. The summed E-state index contributed by atoms with van der Waals surface area (Å²) < 4.78 is 2.04. The Kier molecular flexibility index (Phi) is 5.00. The van der Waals surface area contributed by atoms with Crippen LogP contribution in [0.3, 0.4) is 0 Å². The normalized spacial score (nSPS) is 13.2. The standard InChI is InChI=1S/C26H23N3O2/c30-25(27-21-12-10-19(11-13-21)26(31)28-22-14-15-22)17-29-23-9-5-4-8-20(23)16-24(29)18-6-2-1-3-7-18/h1-13,16,22H,14-15,17H2,(H,27,30)(H,28,31). The number of carbonyl (C=O) groups is 2. The van der Waals surface area contributed by atoms with E-state index in [1.807, 2.05) is 53.1 Å². The monoisotopic (exact) mass is 409 g/mol. The van der Waals surface area contributed by atoms with Gasteiger partial charge in [-0.3, -0.25) is 9.59 Å². The zero-order valence-corrected chi connectivity index (χ0v) is 17.0. The molecule has 0 aliphatic heterocycles. The molecule has 31 heavy (non-hydrogen) atoms. The molecule has 0 spiro atoms. The van der Waals surface area contributed by atoms with Gasteiger partial charge in [-0.2, -0.15) is 0 Å². The van der Waals surface area contributed by atoms with Crippen molar-refractivity contribution in [3.8, 4) is 11.3 Å². The average Bonchev–Trinajstić information content (AvgIpc) is 3.54. The summed E-state index contributed by atoms with van der Waals surface area (Å²) in [6.45, 7) is 0.196. The molecule has 154 valence electrons. The topological polar surface area (TPSA) is 63.1 Å². The fourth-order valence-corrected chi connectivity index (χ4v) is 3.77. The zero-order valence-electron chi connectivity index (χ0n) is 17.0. The van der Waals surface area contributed by atoms with Crippen molar-refractivity contribution in [1.82, 2.24) is 9.88 Å². The summed E-state index contributed by atoms with van der Waals surface area (Å²) in [4.78, 5) is 25.0. The van der Waals surface area contributed by atoms with Crippen molar-refractivity contribution in [2.75, 3.05) is 5.32 Å². The van der Waals surface area contributed by atoms with Crippen LogP contribution in [-0.4, -0.2) is 22.4 Å². The Labute approximate surface area is 180 Å². The van der Waals surface area contributed by atoms with Crippen molar-refractivity contribution in [3.05, 3.63) is 90.5 Å². The van der Waals surface area contributed by atoms with Gasteiger partial charge in [0.25, 0.3) is 5.91 Å². The molecule has 1 aromatic heterocycles. The van der Waals surface area contributed by atoms with Crippen LogP contribution in [0.1, 0.15) is 23.2 Å². The van der Waals surface area contributed by atoms with Gasteiger partial charge in [-0.05, 0) is 54.8 Å². The van der Waals surface area contributed by atoms with Gasteiger partial charge < -0.3 is 15.2 Å². The smallest absolute Gasteiger partial charge is 0.251 e. The summed E-state index contributed by atoms with van der Waals surface area (Å²) in [5.74, 6) is -0.180. The van der Waals surface area contributed by atoms with Crippen molar-refractivity contribution >= 4 is 28.4 Å². The van der Waals surface area contributed by atoms with Crippen LogP contribution in [0, 0.1) is 0 Å². The summed E-state index contributed by atoms with van der Waals surface area (Å²) in [5.41, 5.74) is 4.36. The first kappa shape index (κ1) is 19.1. The fraction of sp³-hybridized carbons (Fsp3) is 0.154. The van der Waals surface area contributed by atoms with Crippen molar-refractivity contribution < 1.29 is 9.59 Å². The van der Waals surface area contributed by atoms with E-state index in [4.69, 9.17) is 0 Å². The van der Waals surface area contributed by atoms with E-state index in [-0.39, 0.29) is 18.4 Å². The molecule has 1 saturated carbocycles. The summed E-state index contributed by atoms with van der Waals surface area (Å²) >= 11 is 0. The predicted molar refractivity (Wildman–Crippen MR) is 123 cm³/mol. The number of hydrogen-bond donors (Lipinski definition) is 2. The Balaban J connectivity index is 1.35. The third-order valence-corrected chi connectivity index (χ3v) is 5.53. The molecule has 5 rings (SSSR count). The molecular formula is C26H23N3O2. The highest BCUT2D eigenvalue weighted by Crippen LogP contribution is 2.28. The second-order valence-electron chi connectivity index (χ2n) is 7.91. The van der Waals surface area contributed by atoms with Crippen LogP contribution < -0.4 is 10.6 Å². The molecule has 5 nitrogen and oxygen atoms in total. The highest BCUT2D eigenvalue weighted by molar-refractivity contribution is 5.97. The molecule has 2 amide bonds. The van der Waals surface area contributed by atoms with E-state index < -0.39 is 0 Å². The van der Waals surface area contributed by atoms with Crippen LogP contribution in [0.15, 0.2) is 84.9 Å². The lowest BCUT2D eigenvalue weighted by Crippen LogP contribution is -2.25. The lowest BCUT2D eigenvalue weighted by Gasteiger charge is -2.12. The SMILES string of the molecule is O=C(Cn1c(-c2ccccc2)cc2ccccc21)Nc1ccc(C(=O)NC2CC2)cc1. The summed E-state index contributed by atoms with van der Waals surface area (Å²) in [7, 11) is 0. The minimum Gasteiger partial charge on any atom is -0.349 e. The average molecular weight is 409 g/mol. The van der Waals surface area contributed by atoms with Gasteiger partial charge in [0.1, 0.15) is 6.54 Å². The number of para-hydroxylation sites is 1. The number of benzene rings is 3. The van der Waals surface area contributed by atoms with Crippen LogP contribution in [0.5, 0.6) is 0 Å². The quantitative estimate of drug-likeness (QED) is 0.479. The van der Waals surface area contributed by atoms with Gasteiger partial charge in [0.15, 0.2) is 0 Å². The number of carbonyl (C=O) groups excluding carboxylic acids is 2. The van der Waals surface area contributed by atoms with E-state index in [1.165, 1.54) is 0 Å². The minimum absolute atomic E-state index is 0.0632. The minimum atomic E-state index is -0.117. The van der Waals surface area contributed by atoms with E-state index in [0.717, 1.165) is 35.0 Å². The Morgan fingerprint density at radius 2 is 1.58 bits per heavy atom. The molecule has 3 aromatic carbocycles. The van der Waals surface area contributed by atoms with Gasteiger partial charge in [0, 0.05) is 33.9 Å². The molecule has 5 heteroatoms.